The number of nitrogens with one attached hydrogen (secondary N) is 2. The van der Waals surface area contributed by atoms with Crippen LogP contribution in [-0.4, -0.2) is 17.6 Å². The lowest BCUT2D eigenvalue weighted by atomic mass is 10.0. The Hall–Kier alpha value is -3.44. The lowest BCUT2D eigenvalue weighted by Crippen LogP contribution is -2.41. The molecule has 3 aromatic rings. The molecular formula is C23H19ClN2O3. The summed E-state index contributed by atoms with van der Waals surface area (Å²) in [6, 6.07) is 23.5. The Morgan fingerprint density at radius 2 is 1.38 bits per heavy atom. The number of benzene rings is 3. The van der Waals surface area contributed by atoms with E-state index >= 15 is 0 Å². The standard InChI is InChI=1S/C23H19ClN2O3/c24-20-8-4-7-19(15-20)23(29)26-25-22(28)14-13-21(27)18-11-9-17(10-12-18)16-5-2-1-3-6-16/h1-12,15H,13-14H2,(H,25,28)(H,26,29). The second-order valence-corrected chi connectivity index (χ2v) is 6.82. The molecule has 2 amide bonds. The summed E-state index contributed by atoms with van der Waals surface area (Å²) in [5, 5.41) is 0.424. The first kappa shape index (κ1) is 20.3. The zero-order valence-electron chi connectivity index (χ0n) is 15.5. The van der Waals surface area contributed by atoms with Crippen LogP contribution in [0.3, 0.4) is 0 Å². The number of hydrazine groups is 1. The van der Waals surface area contributed by atoms with Gasteiger partial charge in [0.05, 0.1) is 0 Å². The first-order valence-electron chi connectivity index (χ1n) is 9.06. The van der Waals surface area contributed by atoms with Crippen molar-refractivity contribution >= 4 is 29.2 Å². The Balaban J connectivity index is 1.47. The third-order valence-corrected chi connectivity index (χ3v) is 4.53. The maximum Gasteiger partial charge on any atom is 0.269 e. The average molecular weight is 407 g/mol. The fourth-order valence-electron chi connectivity index (χ4n) is 2.74. The van der Waals surface area contributed by atoms with Gasteiger partial charge in [-0.15, -0.1) is 0 Å². The van der Waals surface area contributed by atoms with Gasteiger partial charge in [-0.25, -0.2) is 0 Å². The van der Waals surface area contributed by atoms with Gasteiger partial charge in [0.2, 0.25) is 5.91 Å². The molecule has 29 heavy (non-hydrogen) atoms. The molecule has 0 saturated heterocycles. The third kappa shape index (κ3) is 5.77. The summed E-state index contributed by atoms with van der Waals surface area (Å²) in [5.41, 5.74) is 7.57. The first-order chi connectivity index (χ1) is 14.0. The molecule has 0 aromatic heterocycles. The Labute approximate surface area is 173 Å². The van der Waals surface area contributed by atoms with E-state index in [1.54, 1.807) is 30.3 Å². The summed E-state index contributed by atoms with van der Waals surface area (Å²) in [6.45, 7) is 0. The van der Waals surface area contributed by atoms with E-state index in [1.807, 2.05) is 42.5 Å². The van der Waals surface area contributed by atoms with Gasteiger partial charge in [-0.1, -0.05) is 72.3 Å². The van der Waals surface area contributed by atoms with Gasteiger partial charge in [0.1, 0.15) is 0 Å². The zero-order chi connectivity index (χ0) is 20.6. The molecule has 0 bridgehead atoms. The molecule has 0 spiro atoms. The molecular weight excluding hydrogens is 388 g/mol. The van der Waals surface area contributed by atoms with Crippen LogP contribution >= 0.6 is 11.6 Å². The number of Topliss-reactive ketones (excluding diaryl/α,β-unsaturated/α-hetero) is 1. The van der Waals surface area contributed by atoms with Crippen LogP contribution in [0.4, 0.5) is 0 Å². The largest absolute Gasteiger partial charge is 0.294 e. The Bertz CT molecular complexity index is 1020. The number of hydrogen-bond donors (Lipinski definition) is 2. The molecule has 2 N–H and O–H groups in total. The fourth-order valence-corrected chi connectivity index (χ4v) is 2.93. The van der Waals surface area contributed by atoms with E-state index < -0.39 is 11.8 Å². The van der Waals surface area contributed by atoms with E-state index in [9.17, 15) is 14.4 Å². The molecule has 0 atom stereocenters. The molecule has 0 aliphatic carbocycles. The average Bonchev–Trinajstić information content (AvgIpc) is 2.76. The van der Waals surface area contributed by atoms with Crippen LogP contribution in [0.15, 0.2) is 78.9 Å². The molecule has 146 valence electrons. The smallest absolute Gasteiger partial charge is 0.269 e. The minimum Gasteiger partial charge on any atom is -0.294 e. The minimum absolute atomic E-state index is 0.0326. The molecule has 5 nitrogen and oxygen atoms in total. The number of ketones is 1. The summed E-state index contributed by atoms with van der Waals surface area (Å²) in [6.07, 6.45) is 0.0125. The van der Waals surface area contributed by atoms with E-state index in [0.29, 0.717) is 16.1 Å². The molecule has 3 aromatic carbocycles. The highest BCUT2D eigenvalue weighted by molar-refractivity contribution is 6.30. The highest BCUT2D eigenvalue weighted by Crippen LogP contribution is 2.20. The van der Waals surface area contributed by atoms with Crippen molar-refractivity contribution < 1.29 is 14.4 Å². The SMILES string of the molecule is O=C(CCC(=O)c1ccc(-c2ccccc2)cc1)NNC(=O)c1cccc(Cl)c1. The maximum absolute atomic E-state index is 12.3. The second-order valence-electron chi connectivity index (χ2n) is 6.38. The van der Waals surface area contributed by atoms with Gasteiger partial charge in [0.15, 0.2) is 5.78 Å². The number of carbonyl (C=O) groups excluding carboxylic acids is 3. The number of carbonyl (C=O) groups is 3. The van der Waals surface area contributed by atoms with Crippen LogP contribution in [0.5, 0.6) is 0 Å². The monoisotopic (exact) mass is 406 g/mol. The number of rotatable bonds is 6. The van der Waals surface area contributed by atoms with Gasteiger partial charge in [-0.3, -0.25) is 25.2 Å². The summed E-state index contributed by atoms with van der Waals surface area (Å²) >= 11 is 5.83. The molecule has 6 heteroatoms. The van der Waals surface area contributed by atoms with Gasteiger partial charge >= 0.3 is 0 Å². The van der Waals surface area contributed by atoms with E-state index in [-0.39, 0.29) is 18.6 Å². The van der Waals surface area contributed by atoms with E-state index in [2.05, 4.69) is 10.9 Å². The van der Waals surface area contributed by atoms with Crippen LogP contribution in [-0.2, 0) is 4.79 Å². The molecule has 0 aliphatic rings. The van der Waals surface area contributed by atoms with Gasteiger partial charge in [-0.05, 0) is 29.3 Å². The Morgan fingerprint density at radius 1 is 0.690 bits per heavy atom. The van der Waals surface area contributed by atoms with Crippen LogP contribution in [0.2, 0.25) is 5.02 Å². The van der Waals surface area contributed by atoms with Crippen molar-refractivity contribution in [2.75, 3.05) is 0 Å². The molecule has 0 radical (unpaired) electrons. The van der Waals surface area contributed by atoms with E-state index in [0.717, 1.165) is 11.1 Å². The summed E-state index contributed by atoms with van der Waals surface area (Å²) in [5.74, 6) is -1.07. The van der Waals surface area contributed by atoms with Crippen molar-refractivity contribution in [2.24, 2.45) is 0 Å². The lowest BCUT2D eigenvalue weighted by molar-refractivity contribution is -0.121. The van der Waals surface area contributed by atoms with Crippen molar-refractivity contribution in [3.8, 4) is 11.1 Å². The van der Waals surface area contributed by atoms with Gasteiger partial charge in [0, 0.05) is 29.0 Å². The molecule has 3 rings (SSSR count). The van der Waals surface area contributed by atoms with Gasteiger partial charge in [0.25, 0.3) is 5.91 Å². The second kappa shape index (κ2) is 9.66. The number of halogens is 1. The van der Waals surface area contributed by atoms with Crippen LogP contribution in [0.25, 0.3) is 11.1 Å². The Kier molecular flexibility index (Phi) is 6.76. The van der Waals surface area contributed by atoms with Crippen LogP contribution in [0.1, 0.15) is 33.6 Å². The molecule has 0 heterocycles. The third-order valence-electron chi connectivity index (χ3n) is 4.30. The van der Waals surface area contributed by atoms with Crippen molar-refractivity contribution in [1.82, 2.24) is 10.9 Å². The van der Waals surface area contributed by atoms with Crippen molar-refractivity contribution in [3.05, 3.63) is 95.0 Å². The fraction of sp³-hybridized carbons (Fsp3) is 0.0870. The predicted octanol–water partition coefficient (Wildman–Crippen LogP) is 4.43. The minimum atomic E-state index is -0.483. The maximum atomic E-state index is 12.3. The van der Waals surface area contributed by atoms with Gasteiger partial charge < -0.3 is 0 Å². The molecule has 0 aliphatic heterocycles. The predicted molar refractivity (Wildman–Crippen MR) is 113 cm³/mol. The highest BCUT2D eigenvalue weighted by atomic mass is 35.5. The summed E-state index contributed by atoms with van der Waals surface area (Å²) in [7, 11) is 0. The van der Waals surface area contributed by atoms with Crippen LogP contribution in [0, 0.1) is 0 Å². The summed E-state index contributed by atoms with van der Waals surface area (Å²) < 4.78 is 0. The lowest BCUT2D eigenvalue weighted by Gasteiger charge is -2.08. The normalized spacial score (nSPS) is 10.2. The van der Waals surface area contributed by atoms with Crippen molar-refractivity contribution in [2.45, 2.75) is 12.8 Å². The summed E-state index contributed by atoms with van der Waals surface area (Å²) in [4.78, 5) is 36.2. The van der Waals surface area contributed by atoms with E-state index in [1.165, 1.54) is 6.07 Å². The molecule has 0 saturated carbocycles. The van der Waals surface area contributed by atoms with Gasteiger partial charge in [-0.2, -0.15) is 0 Å². The number of amides is 2. The zero-order valence-corrected chi connectivity index (χ0v) is 16.3. The molecule has 0 unspecified atom stereocenters. The molecule has 0 fully saturated rings. The number of hydrogen-bond acceptors (Lipinski definition) is 3. The highest BCUT2D eigenvalue weighted by Gasteiger charge is 2.11. The topological polar surface area (TPSA) is 75.3 Å². The quantitative estimate of drug-likeness (QED) is 0.469. The van der Waals surface area contributed by atoms with Crippen LogP contribution < -0.4 is 10.9 Å². The van der Waals surface area contributed by atoms with Crippen molar-refractivity contribution in [1.29, 1.82) is 0 Å². The van der Waals surface area contributed by atoms with Crippen molar-refractivity contribution in [3.63, 3.8) is 0 Å². The first-order valence-corrected chi connectivity index (χ1v) is 9.44. The Morgan fingerprint density at radius 3 is 2.07 bits per heavy atom. The van der Waals surface area contributed by atoms with E-state index in [4.69, 9.17) is 11.6 Å².